The maximum absolute atomic E-state index is 13.2. The van der Waals surface area contributed by atoms with E-state index < -0.39 is 40.7 Å². The highest BCUT2D eigenvalue weighted by atomic mass is 35.5. The molecule has 7 atom stereocenters. The van der Waals surface area contributed by atoms with Gasteiger partial charge in [-0.2, -0.15) is 0 Å². The van der Waals surface area contributed by atoms with Gasteiger partial charge in [0.15, 0.2) is 5.06 Å². The third-order valence-corrected chi connectivity index (χ3v) is 9.34. The van der Waals surface area contributed by atoms with Crippen molar-refractivity contribution in [3.63, 3.8) is 0 Å². The van der Waals surface area contributed by atoms with E-state index in [9.17, 15) is 19.8 Å². The number of cyclic esters (lactones) is 1. The molecule has 4 rings (SSSR count). The Bertz CT molecular complexity index is 1130. The number of aromatic nitrogens is 1. The maximum Gasteiger partial charge on any atom is 0.309 e. The van der Waals surface area contributed by atoms with Crippen LogP contribution in [0.2, 0.25) is 0 Å². The number of epoxide rings is 1. The van der Waals surface area contributed by atoms with Gasteiger partial charge in [-0.25, -0.2) is 4.98 Å². The number of halogens is 1. The summed E-state index contributed by atoms with van der Waals surface area (Å²) in [5.74, 6) is -1.72. The van der Waals surface area contributed by atoms with Gasteiger partial charge in [-0.1, -0.05) is 45.4 Å². The van der Waals surface area contributed by atoms with Crippen molar-refractivity contribution < 1.29 is 29.3 Å². The highest BCUT2D eigenvalue weighted by molar-refractivity contribution is 7.18. The second-order valence-electron chi connectivity index (χ2n) is 11.0. The first-order valence-electron chi connectivity index (χ1n) is 12.7. The predicted octanol–water partition coefficient (Wildman–Crippen LogP) is 5.08. The van der Waals surface area contributed by atoms with Crippen LogP contribution in [0.3, 0.4) is 0 Å². The number of aliphatic hydroxyl groups is 2. The van der Waals surface area contributed by atoms with Gasteiger partial charge in [0.25, 0.3) is 0 Å². The fourth-order valence-corrected chi connectivity index (χ4v) is 6.35. The van der Waals surface area contributed by atoms with E-state index in [2.05, 4.69) is 4.98 Å². The minimum atomic E-state index is -1.26. The summed E-state index contributed by atoms with van der Waals surface area (Å²) >= 11 is 8.32. The highest BCUT2D eigenvalue weighted by Crippen LogP contribution is 2.50. The van der Waals surface area contributed by atoms with Crippen LogP contribution >= 0.6 is 22.9 Å². The van der Waals surface area contributed by atoms with E-state index in [1.165, 1.54) is 0 Å². The molecule has 2 saturated heterocycles. The van der Waals surface area contributed by atoms with Crippen molar-refractivity contribution >= 4 is 44.9 Å². The monoisotopic (exact) mass is 537 g/mol. The van der Waals surface area contributed by atoms with Crippen molar-refractivity contribution in [3.05, 3.63) is 28.8 Å². The van der Waals surface area contributed by atoms with Crippen LogP contribution in [0.15, 0.2) is 18.2 Å². The zero-order valence-electron chi connectivity index (χ0n) is 21.5. The van der Waals surface area contributed by atoms with Gasteiger partial charge in [0.05, 0.1) is 39.3 Å². The van der Waals surface area contributed by atoms with Gasteiger partial charge in [-0.05, 0) is 49.8 Å². The number of aliphatic hydroxyl groups excluding tert-OH is 2. The van der Waals surface area contributed by atoms with Crippen molar-refractivity contribution in [2.24, 2.45) is 17.3 Å². The summed E-state index contributed by atoms with van der Waals surface area (Å²) in [5.41, 5.74) is 0.389. The zero-order chi connectivity index (χ0) is 26.4. The Morgan fingerprint density at radius 3 is 2.64 bits per heavy atom. The van der Waals surface area contributed by atoms with Crippen molar-refractivity contribution in [2.45, 2.75) is 96.2 Å². The molecule has 2 fully saturated rings. The van der Waals surface area contributed by atoms with Gasteiger partial charge >= 0.3 is 5.97 Å². The first-order chi connectivity index (χ1) is 16.8. The van der Waals surface area contributed by atoms with Crippen molar-refractivity contribution in [1.29, 1.82) is 0 Å². The summed E-state index contributed by atoms with van der Waals surface area (Å²) in [4.78, 5) is 30.8. The van der Waals surface area contributed by atoms with Gasteiger partial charge < -0.3 is 19.7 Å². The van der Waals surface area contributed by atoms with E-state index in [1.807, 2.05) is 32.0 Å². The molecule has 1 aromatic carbocycles. The molecule has 198 valence electrons. The molecule has 2 aliphatic rings. The van der Waals surface area contributed by atoms with Crippen LogP contribution in [0.1, 0.15) is 76.5 Å². The molecular formula is C27H36ClNO6S. The van der Waals surface area contributed by atoms with Gasteiger partial charge in [-0.3, -0.25) is 9.59 Å². The first kappa shape index (κ1) is 27.5. The number of hydrogen-bond donors (Lipinski definition) is 2. The van der Waals surface area contributed by atoms with Crippen LogP contribution in [0.5, 0.6) is 0 Å². The average molecular weight is 538 g/mol. The Balaban J connectivity index is 1.61. The molecule has 0 bridgehead atoms. The van der Waals surface area contributed by atoms with Gasteiger partial charge in [-0.15, -0.1) is 11.3 Å². The predicted molar refractivity (Wildman–Crippen MR) is 139 cm³/mol. The highest BCUT2D eigenvalue weighted by Gasteiger charge is 2.55. The van der Waals surface area contributed by atoms with Gasteiger partial charge in [0.2, 0.25) is 0 Å². The van der Waals surface area contributed by atoms with E-state index in [4.69, 9.17) is 21.1 Å². The largest absolute Gasteiger partial charge is 0.457 e. The fraction of sp³-hybridized carbons (Fsp3) is 0.667. The number of carbonyl (C=O) groups is 2. The molecule has 9 heteroatoms. The third-order valence-electron chi connectivity index (χ3n) is 7.87. The number of fused-ring (bicyclic) bond motifs is 2. The zero-order valence-corrected chi connectivity index (χ0v) is 23.1. The van der Waals surface area contributed by atoms with E-state index in [-0.39, 0.29) is 24.2 Å². The number of alkyl halides is 1. The molecule has 36 heavy (non-hydrogen) atoms. The molecule has 2 N–H and O–H groups in total. The number of aryl methyl sites for hydroxylation is 1. The molecule has 7 nitrogen and oxygen atoms in total. The number of thiazole rings is 1. The molecule has 0 spiro atoms. The standard InChI is InChI=1S/C27H36ClNO6S/c1-14-7-6-10-27(28)22(35-27)12-19(17-8-9-20-18(11-17)29-16(3)36-20)34-23(31)13-21(30)26(4,5)25(33)15(2)24(14)32/h8-9,11,14-15,19,21-22,24,30,32H,6-7,10,12-13H2,1-5H3/t14-,15+,19-,21-,22?,24-,27?/m0/s1. The molecule has 2 aromatic rings. The topological polar surface area (TPSA) is 109 Å². The Morgan fingerprint density at radius 2 is 1.92 bits per heavy atom. The minimum absolute atomic E-state index is 0.131. The Kier molecular flexibility index (Phi) is 7.85. The minimum Gasteiger partial charge on any atom is -0.457 e. The lowest BCUT2D eigenvalue weighted by atomic mass is 9.73. The molecule has 1 aromatic heterocycles. The van der Waals surface area contributed by atoms with Gasteiger partial charge in [0, 0.05) is 12.3 Å². The van der Waals surface area contributed by atoms with Crippen LogP contribution in [-0.4, -0.2) is 50.3 Å². The molecule has 0 amide bonds. The summed E-state index contributed by atoms with van der Waals surface area (Å²) < 4.78 is 12.8. The van der Waals surface area contributed by atoms with Crippen LogP contribution in [0, 0.1) is 24.2 Å². The maximum atomic E-state index is 13.2. The first-order valence-corrected chi connectivity index (χ1v) is 13.8. The van der Waals surface area contributed by atoms with E-state index in [0.717, 1.165) is 27.2 Å². The summed E-state index contributed by atoms with van der Waals surface area (Å²) in [7, 11) is 0. The lowest BCUT2D eigenvalue weighted by Gasteiger charge is -2.34. The molecule has 2 aliphatic heterocycles. The van der Waals surface area contributed by atoms with Crippen molar-refractivity contribution in [3.8, 4) is 0 Å². The summed E-state index contributed by atoms with van der Waals surface area (Å²) in [6.45, 7) is 8.76. The number of rotatable bonds is 1. The summed E-state index contributed by atoms with van der Waals surface area (Å²) in [6.07, 6.45) is -1.02. The Hall–Kier alpha value is -1.58. The smallest absolute Gasteiger partial charge is 0.309 e. The van der Waals surface area contributed by atoms with Crippen molar-refractivity contribution in [2.75, 3.05) is 0 Å². The second-order valence-corrected chi connectivity index (χ2v) is 12.9. The summed E-state index contributed by atoms with van der Waals surface area (Å²) in [6, 6.07) is 5.81. The van der Waals surface area contributed by atoms with E-state index in [0.29, 0.717) is 19.3 Å². The van der Waals surface area contributed by atoms with Crippen LogP contribution < -0.4 is 0 Å². The lowest BCUT2D eigenvalue weighted by molar-refractivity contribution is -0.156. The van der Waals surface area contributed by atoms with Crippen LogP contribution in [0.4, 0.5) is 0 Å². The summed E-state index contributed by atoms with van der Waals surface area (Å²) in [5, 5.41) is 21.8. The van der Waals surface area contributed by atoms with Crippen LogP contribution in [0.25, 0.3) is 10.2 Å². The SMILES string of the molecule is Cc1nc2cc([C@@H]3CC4OC4(Cl)CCC[C@H](C)[C@H](O)[C@@H](C)C(=O)C(C)(C)[C@@H](O)CC(=O)O3)ccc2s1. The second kappa shape index (κ2) is 10.3. The normalized spacial score (nSPS) is 36.3. The molecule has 2 unspecified atom stereocenters. The lowest BCUT2D eigenvalue weighted by Crippen LogP contribution is -2.45. The van der Waals surface area contributed by atoms with E-state index >= 15 is 0 Å². The number of nitrogens with zero attached hydrogens (tertiary/aromatic N) is 1. The number of ether oxygens (including phenoxy) is 2. The molecule has 0 saturated carbocycles. The molecule has 3 heterocycles. The van der Waals surface area contributed by atoms with E-state index in [1.54, 1.807) is 32.1 Å². The number of benzene rings is 1. The number of Topliss-reactive ketones (excluding diaryl/α,β-unsaturated/α-hetero) is 1. The molecular weight excluding hydrogens is 502 g/mol. The quantitative estimate of drug-likeness (QED) is 0.296. The Morgan fingerprint density at radius 1 is 1.19 bits per heavy atom. The number of hydrogen-bond acceptors (Lipinski definition) is 8. The van der Waals surface area contributed by atoms with Gasteiger partial charge in [0.1, 0.15) is 18.0 Å². The van der Waals surface area contributed by atoms with Crippen molar-refractivity contribution in [1.82, 2.24) is 4.98 Å². The van der Waals surface area contributed by atoms with Crippen LogP contribution in [-0.2, 0) is 19.1 Å². The Labute approximate surface area is 221 Å². The molecule has 0 aliphatic carbocycles. The fourth-order valence-electron chi connectivity index (χ4n) is 5.21. The third kappa shape index (κ3) is 5.63. The molecule has 0 radical (unpaired) electrons. The number of ketones is 1. The number of carbonyl (C=O) groups excluding carboxylic acids is 2. The number of esters is 1. The average Bonchev–Trinajstić information content (AvgIpc) is 3.28.